The molecule has 10 nitrogen and oxygen atoms in total. The van der Waals surface area contributed by atoms with Gasteiger partial charge in [0, 0.05) is 17.7 Å². The van der Waals surface area contributed by atoms with E-state index in [1.807, 2.05) is 0 Å². The minimum absolute atomic E-state index is 0.197. The number of non-ortho nitro benzene ring substituents is 1. The first kappa shape index (κ1) is 24.9. The molecule has 3 aromatic carbocycles. The molecule has 0 spiro atoms. The van der Waals surface area contributed by atoms with E-state index in [1.165, 1.54) is 37.3 Å². The largest absolute Gasteiger partial charge is 0.507 e. The van der Waals surface area contributed by atoms with E-state index in [2.05, 4.69) is 4.98 Å². The van der Waals surface area contributed by atoms with Crippen molar-refractivity contribution in [3.8, 4) is 11.5 Å². The molecule has 5 rings (SSSR count). The Kier molecular flexibility index (Phi) is 6.29. The lowest BCUT2D eigenvalue weighted by Crippen LogP contribution is -2.29. The average molecular weight is 532 g/mol. The average Bonchev–Trinajstić information content (AvgIpc) is 3.45. The second kappa shape index (κ2) is 9.60. The number of nitro groups is 1. The van der Waals surface area contributed by atoms with Gasteiger partial charge in [-0.2, -0.15) is 0 Å². The molecule has 4 aromatic rings. The molecule has 1 aromatic heterocycles. The van der Waals surface area contributed by atoms with Gasteiger partial charge in [0.2, 0.25) is 0 Å². The minimum atomic E-state index is -1.15. The van der Waals surface area contributed by atoms with Crippen LogP contribution in [0.2, 0.25) is 0 Å². The lowest BCUT2D eigenvalue weighted by Gasteiger charge is -2.22. The monoisotopic (exact) mass is 531 g/mol. The number of aliphatic hydroxyl groups is 1. The number of fused-ring (bicyclic) bond motifs is 1. The third kappa shape index (κ3) is 4.12. The number of thiazole rings is 1. The van der Waals surface area contributed by atoms with E-state index in [9.17, 15) is 24.8 Å². The third-order valence-corrected chi connectivity index (χ3v) is 7.32. The zero-order valence-corrected chi connectivity index (χ0v) is 21.3. The van der Waals surface area contributed by atoms with Gasteiger partial charge in [-0.15, -0.1) is 0 Å². The molecule has 2 heterocycles. The summed E-state index contributed by atoms with van der Waals surface area (Å²) in [6.07, 6.45) is 0. The van der Waals surface area contributed by atoms with Crippen molar-refractivity contribution in [2.75, 3.05) is 19.1 Å². The van der Waals surface area contributed by atoms with Gasteiger partial charge in [0.25, 0.3) is 11.5 Å². The van der Waals surface area contributed by atoms with Crippen LogP contribution in [0.15, 0.2) is 66.2 Å². The van der Waals surface area contributed by atoms with Crippen molar-refractivity contribution in [3.05, 3.63) is 93.0 Å². The summed E-state index contributed by atoms with van der Waals surface area (Å²) >= 11 is 1.16. The Labute approximate surface area is 220 Å². The summed E-state index contributed by atoms with van der Waals surface area (Å²) in [6, 6.07) is 14.5. The quantitative estimate of drug-likeness (QED) is 0.119. The van der Waals surface area contributed by atoms with Crippen LogP contribution in [0.1, 0.15) is 22.7 Å². The number of methoxy groups -OCH3 is 2. The number of aromatic nitrogens is 1. The van der Waals surface area contributed by atoms with Crippen LogP contribution in [0.25, 0.3) is 16.0 Å². The second-order valence-electron chi connectivity index (χ2n) is 8.54. The second-order valence-corrected chi connectivity index (χ2v) is 9.54. The Hall–Kier alpha value is -4.77. The Balaban J connectivity index is 1.74. The number of nitro benzene ring substituents is 1. The zero-order chi connectivity index (χ0) is 27.1. The lowest BCUT2D eigenvalue weighted by atomic mass is 9.94. The number of nitrogens with zero attached hydrogens (tertiary/aromatic N) is 3. The van der Waals surface area contributed by atoms with E-state index >= 15 is 0 Å². The summed E-state index contributed by atoms with van der Waals surface area (Å²) in [7, 11) is 3.05. The highest BCUT2D eigenvalue weighted by molar-refractivity contribution is 7.22. The topological polar surface area (TPSA) is 132 Å². The fourth-order valence-corrected chi connectivity index (χ4v) is 5.48. The van der Waals surface area contributed by atoms with E-state index in [0.29, 0.717) is 32.8 Å². The van der Waals surface area contributed by atoms with Crippen LogP contribution in [0, 0.1) is 17.0 Å². The number of anilines is 1. The van der Waals surface area contributed by atoms with E-state index < -0.39 is 28.4 Å². The molecule has 1 amide bonds. The number of hydrogen-bond donors (Lipinski definition) is 1. The summed E-state index contributed by atoms with van der Waals surface area (Å²) in [5.41, 5.74) is 1.45. The molecular formula is C27H21N3O7S. The molecule has 1 saturated heterocycles. The number of aliphatic hydroxyl groups excluding tert-OH is 1. The van der Waals surface area contributed by atoms with E-state index in [0.717, 1.165) is 11.3 Å². The van der Waals surface area contributed by atoms with Crippen LogP contribution in [-0.4, -0.2) is 40.9 Å². The number of amides is 1. The summed E-state index contributed by atoms with van der Waals surface area (Å²) < 4.78 is 11.3. The van der Waals surface area contributed by atoms with Gasteiger partial charge >= 0.3 is 5.91 Å². The number of ether oxygens (including phenoxy) is 2. The van der Waals surface area contributed by atoms with Gasteiger partial charge < -0.3 is 14.6 Å². The first-order valence-electron chi connectivity index (χ1n) is 11.4. The van der Waals surface area contributed by atoms with Gasteiger partial charge in [-0.3, -0.25) is 24.6 Å². The van der Waals surface area contributed by atoms with Gasteiger partial charge in [0.05, 0.1) is 41.0 Å². The van der Waals surface area contributed by atoms with E-state index in [-0.39, 0.29) is 22.0 Å². The number of ketones is 1. The summed E-state index contributed by atoms with van der Waals surface area (Å²) in [4.78, 5) is 43.6. The molecule has 1 N–H and O–H groups in total. The SMILES string of the molecule is COc1ccc2nc(N3C(=O)C(=O)C(=C(O)c4ccc(OC)c(C)c4)C3c3cccc([N+](=O)[O-])c3)sc2c1. The zero-order valence-electron chi connectivity index (χ0n) is 20.5. The van der Waals surface area contributed by atoms with Crippen molar-refractivity contribution < 1.29 is 29.1 Å². The van der Waals surface area contributed by atoms with Crippen LogP contribution < -0.4 is 14.4 Å². The number of hydrogen-bond acceptors (Lipinski definition) is 9. The standard InChI is InChI=1S/C27H21N3O7S/c1-14-11-16(7-10-20(14)37-3)24(31)22-23(15-5-4-6-17(12-15)30(34)35)29(26(33)25(22)32)27-28-19-9-8-18(36-2)13-21(19)38-27/h4-13,23,31H,1-3H3. The van der Waals surface area contributed by atoms with Crippen LogP contribution in [0.3, 0.4) is 0 Å². The van der Waals surface area contributed by atoms with Gasteiger partial charge in [-0.25, -0.2) is 4.98 Å². The Morgan fingerprint density at radius 2 is 1.87 bits per heavy atom. The molecular weight excluding hydrogens is 510 g/mol. The molecule has 192 valence electrons. The third-order valence-electron chi connectivity index (χ3n) is 6.30. The van der Waals surface area contributed by atoms with Crippen molar-refractivity contribution in [2.24, 2.45) is 0 Å². The highest BCUT2D eigenvalue weighted by Crippen LogP contribution is 2.45. The van der Waals surface area contributed by atoms with Crippen molar-refractivity contribution in [1.82, 2.24) is 4.98 Å². The van der Waals surface area contributed by atoms with Crippen molar-refractivity contribution in [2.45, 2.75) is 13.0 Å². The maximum absolute atomic E-state index is 13.4. The first-order chi connectivity index (χ1) is 18.2. The maximum Gasteiger partial charge on any atom is 0.301 e. The molecule has 1 unspecified atom stereocenters. The number of aryl methyl sites for hydroxylation is 1. The molecule has 0 aliphatic carbocycles. The molecule has 1 fully saturated rings. The number of Topliss-reactive ketones (excluding diaryl/α,β-unsaturated/α-hetero) is 1. The van der Waals surface area contributed by atoms with Crippen LogP contribution in [-0.2, 0) is 9.59 Å². The minimum Gasteiger partial charge on any atom is -0.507 e. The summed E-state index contributed by atoms with van der Waals surface area (Å²) in [6.45, 7) is 1.78. The van der Waals surface area contributed by atoms with Crippen molar-refractivity contribution in [1.29, 1.82) is 0 Å². The first-order valence-corrected chi connectivity index (χ1v) is 12.2. The molecule has 0 bridgehead atoms. The number of carbonyl (C=O) groups excluding carboxylic acids is 2. The van der Waals surface area contributed by atoms with Crippen LogP contribution in [0.4, 0.5) is 10.8 Å². The van der Waals surface area contributed by atoms with Crippen LogP contribution in [0.5, 0.6) is 11.5 Å². The molecule has 1 atom stereocenters. The Bertz CT molecular complexity index is 1660. The van der Waals surface area contributed by atoms with Gasteiger partial charge in [-0.1, -0.05) is 23.5 Å². The van der Waals surface area contributed by atoms with Crippen molar-refractivity contribution >= 4 is 49.8 Å². The number of carbonyl (C=O) groups is 2. The molecule has 38 heavy (non-hydrogen) atoms. The summed E-state index contributed by atoms with van der Waals surface area (Å²) in [5.74, 6) is -1.05. The Morgan fingerprint density at radius 1 is 1.08 bits per heavy atom. The highest BCUT2D eigenvalue weighted by Gasteiger charge is 2.48. The summed E-state index contributed by atoms with van der Waals surface area (Å²) in [5, 5.41) is 23.1. The van der Waals surface area contributed by atoms with E-state index in [4.69, 9.17) is 9.47 Å². The molecule has 0 radical (unpaired) electrons. The van der Waals surface area contributed by atoms with Gasteiger partial charge in [-0.05, 0) is 54.4 Å². The number of benzene rings is 3. The molecule has 11 heteroatoms. The van der Waals surface area contributed by atoms with Crippen LogP contribution >= 0.6 is 11.3 Å². The van der Waals surface area contributed by atoms with E-state index in [1.54, 1.807) is 49.4 Å². The van der Waals surface area contributed by atoms with Crippen molar-refractivity contribution in [3.63, 3.8) is 0 Å². The predicted molar refractivity (Wildman–Crippen MR) is 142 cm³/mol. The highest BCUT2D eigenvalue weighted by atomic mass is 32.1. The smallest absolute Gasteiger partial charge is 0.301 e. The fraction of sp³-hybridized carbons (Fsp3) is 0.148. The molecule has 0 saturated carbocycles. The Morgan fingerprint density at radius 3 is 2.55 bits per heavy atom. The van der Waals surface area contributed by atoms with Gasteiger partial charge in [0.1, 0.15) is 17.3 Å². The normalized spacial score (nSPS) is 16.7. The number of rotatable bonds is 6. The fourth-order valence-electron chi connectivity index (χ4n) is 4.46. The maximum atomic E-state index is 13.4. The predicted octanol–water partition coefficient (Wildman–Crippen LogP) is 5.16. The lowest BCUT2D eigenvalue weighted by molar-refractivity contribution is -0.384. The molecule has 1 aliphatic heterocycles. The van der Waals surface area contributed by atoms with Gasteiger partial charge in [0.15, 0.2) is 5.13 Å². The molecule has 1 aliphatic rings.